The van der Waals surface area contributed by atoms with Crippen LogP contribution in [0.1, 0.15) is 0 Å². The molecule has 4 aromatic rings. The number of benzene rings is 3. The molecule has 0 radical (unpaired) electrons. The summed E-state index contributed by atoms with van der Waals surface area (Å²) in [5, 5.41) is 4.15. The zero-order chi connectivity index (χ0) is 25.1. The lowest BCUT2D eigenvalue weighted by Crippen LogP contribution is -2.08. The van der Waals surface area contributed by atoms with Crippen LogP contribution in [0.2, 0.25) is 10.0 Å². The normalized spacial score (nSPS) is 10.7. The monoisotopic (exact) mass is 509 g/mol. The van der Waals surface area contributed by atoms with Crippen LogP contribution in [0.4, 0.5) is 5.69 Å². The van der Waals surface area contributed by atoms with E-state index in [1.54, 1.807) is 31.5 Å². The van der Waals surface area contributed by atoms with Crippen LogP contribution >= 0.6 is 23.2 Å². The predicted octanol–water partition coefficient (Wildman–Crippen LogP) is 6.42. The average molecular weight is 510 g/mol. The summed E-state index contributed by atoms with van der Waals surface area (Å²) >= 11 is 13.2. The van der Waals surface area contributed by atoms with E-state index in [2.05, 4.69) is 16.9 Å². The molecular weight excluding hydrogens is 489 g/mol. The first-order valence-electron chi connectivity index (χ1n) is 10.4. The lowest BCUT2D eigenvalue weighted by molar-refractivity contribution is -0.111. The van der Waals surface area contributed by atoms with E-state index >= 15 is 0 Å². The quantitative estimate of drug-likeness (QED) is 0.289. The summed E-state index contributed by atoms with van der Waals surface area (Å²) in [6, 6.07) is 12.5. The molecule has 1 aromatic heterocycles. The van der Waals surface area contributed by atoms with Gasteiger partial charge in [0.2, 0.25) is 5.91 Å². The number of carbonyl (C=O) groups is 1. The summed E-state index contributed by atoms with van der Waals surface area (Å²) in [5.41, 5.74) is 3.00. The van der Waals surface area contributed by atoms with Crippen molar-refractivity contribution in [2.75, 3.05) is 26.6 Å². The molecule has 0 saturated carbocycles. The molecule has 0 aliphatic heterocycles. The van der Waals surface area contributed by atoms with E-state index in [9.17, 15) is 4.79 Å². The maximum atomic E-state index is 11.9. The molecule has 0 bridgehead atoms. The molecule has 35 heavy (non-hydrogen) atoms. The molecule has 7 nitrogen and oxygen atoms in total. The van der Waals surface area contributed by atoms with Gasteiger partial charge >= 0.3 is 0 Å². The molecule has 9 heteroatoms. The third-order valence-corrected chi connectivity index (χ3v) is 6.09. The van der Waals surface area contributed by atoms with Crippen molar-refractivity contribution in [2.24, 2.45) is 0 Å². The van der Waals surface area contributed by atoms with Crippen LogP contribution in [0, 0.1) is 0 Å². The summed E-state index contributed by atoms with van der Waals surface area (Å²) in [5.74, 6) is 1.42. The lowest BCUT2D eigenvalue weighted by Gasteiger charge is -2.16. The molecule has 0 aliphatic carbocycles. The van der Waals surface area contributed by atoms with Crippen molar-refractivity contribution in [3.8, 4) is 39.8 Å². The number of para-hydroxylation sites is 1. The number of nitrogens with one attached hydrogen (secondary N) is 1. The smallest absolute Gasteiger partial charge is 0.247 e. The van der Waals surface area contributed by atoms with E-state index in [0.717, 1.165) is 0 Å². The maximum Gasteiger partial charge on any atom is 0.247 e. The highest BCUT2D eigenvalue weighted by Gasteiger charge is 2.21. The number of amides is 1. The molecule has 1 heterocycles. The number of fused-ring (bicyclic) bond motifs is 1. The van der Waals surface area contributed by atoms with Crippen LogP contribution in [0.3, 0.4) is 0 Å². The number of rotatable bonds is 7. The second-order valence-electron chi connectivity index (χ2n) is 7.33. The van der Waals surface area contributed by atoms with Crippen LogP contribution < -0.4 is 19.5 Å². The summed E-state index contributed by atoms with van der Waals surface area (Å²) in [6.45, 7) is 3.50. The summed E-state index contributed by atoms with van der Waals surface area (Å²) < 4.78 is 16.5. The fourth-order valence-electron chi connectivity index (χ4n) is 3.65. The van der Waals surface area contributed by atoms with E-state index in [-0.39, 0.29) is 5.91 Å². The van der Waals surface area contributed by atoms with Gasteiger partial charge < -0.3 is 19.5 Å². The minimum absolute atomic E-state index is 0.331. The standard InChI is InChI=1S/C26H21Cl2N3O4/c1-5-21(32)30-17-9-7-6-8-16(17)26-29-13-15-10-14(11-20(35-4)25(15)31-26)22-23(27)18(33-2)12-19(34-3)24(22)28/h5-13H,1H2,2-4H3,(H,30,32). The molecule has 178 valence electrons. The average Bonchev–Trinajstić information content (AvgIpc) is 2.88. The van der Waals surface area contributed by atoms with Gasteiger partial charge in [-0.2, -0.15) is 0 Å². The van der Waals surface area contributed by atoms with Gasteiger partial charge in [-0.15, -0.1) is 0 Å². The largest absolute Gasteiger partial charge is 0.495 e. The fourth-order valence-corrected chi connectivity index (χ4v) is 4.37. The first kappa shape index (κ1) is 24.3. The Morgan fingerprint density at radius 2 is 1.63 bits per heavy atom. The lowest BCUT2D eigenvalue weighted by atomic mass is 10.0. The summed E-state index contributed by atoms with van der Waals surface area (Å²) in [7, 11) is 4.59. The third-order valence-electron chi connectivity index (χ3n) is 5.34. The van der Waals surface area contributed by atoms with E-state index in [1.807, 2.05) is 24.3 Å². The number of carbonyl (C=O) groups excluding carboxylic acids is 1. The van der Waals surface area contributed by atoms with Gasteiger partial charge in [0.1, 0.15) is 22.8 Å². The Morgan fingerprint density at radius 1 is 0.971 bits per heavy atom. The van der Waals surface area contributed by atoms with Gasteiger partial charge in [-0.1, -0.05) is 41.9 Å². The second-order valence-corrected chi connectivity index (χ2v) is 8.09. The highest BCUT2D eigenvalue weighted by Crippen LogP contribution is 2.47. The number of hydrogen-bond acceptors (Lipinski definition) is 6. The predicted molar refractivity (Wildman–Crippen MR) is 139 cm³/mol. The van der Waals surface area contributed by atoms with Crippen LogP contribution in [0.5, 0.6) is 17.2 Å². The first-order valence-corrected chi connectivity index (χ1v) is 11.1. The van der Waals surface area contributed by atoms with Gasteiger partial charge in [0.25, 0.3) is 0 Å². The van der Waals surface area contributed by atoms with Crippen LogP contribution in [-0.4, -0.2) is 37.2 Å². The van der Waals surface area contributed by atoms with Crippen molar-refractivity contribution in [3.63, 3.8) is 0 Å². The molecule has 0 unspecified atom stereocenters. The fraction of sp³-hybridized carbons (Fsp3) is 0.115. The van der Waals surface area contributed by atoms with E-state index in [1.165, 1.54) is 20.3 Å². The van der Waals surface area contributed by atoms with Crippen molar-refractivity contribution >= 4 is 45.7 Å². The van der Waals surface area contributed by atoms with Crippen molar-refractivity contribution in [3.05, 3.63) is 71.4 Å². The summed E-state index contributed by atoms with van der Waals surface area (Å²) in [6.07, 6.45) is 2.88. The molecule has 1 amide bonds. The van der Waals surface area contributed by atoms with E-state index < -0.39 is 0 Å². The molecule has 0 saturated heterocycles. The maximum absolute atomic E-state index is 11.9. The minimum Gasteiger partial charge on any atom is -0.495 e. The number of aromatic nitrogens is 2. The van der Waals surface area contributed by atoms with Crippen molar-refractivity contribution in [1.82, 2.24) is 9.97 Å². The zero-order valence-electron chi connectivity index (χ0n) is 19.2. The number of anilines is 1. The Balaban J connectivity index is 1.90. The third kappa shape index (κ3) is 4.60. The number of ether oxygens (including phenoxy) is 3. The second kappa shape index (κ2) is 10.2. The molecule has 0 spiro atoms. The number of methoxy groups -OCH3 is 3. The minimum atomic E-state index is -0.331. The molecule has 4 rings (SSSR count). The molecule has 0 fully saturated rings. The van der Waals surface area contributed by atoms with Gasteiger partial charge in [-0.25, -0.2) is 9.97 Å². The Kier molecular flexibility index (Phi) is 7.10. The molecule has 1 N–H and O–H groups in total. The number of nitrogens with zero attached hydrogens (tertiary/aromatic N) is 2. The Bertz CT molecular complexity index is 1430. The van der Waals surface area contributed by atoms with Gasteiger partial charge in [0.15, 0.2) is 5.82 Å². The number of halogens is 2. The molecule has 0 atom stereocenters. The summed E-state index contributed by atoms with van der Waals surface area (Å²) in [4.78, 5) is 21.1. The van der Waals surface area contributed by atoms with Gasteiger partial charge in [0.05, 0.1) is 37.1 Å². The van der Waals surface area contributed by atoms with Crippen LogP contribution in [-0.2, 0) is 4.79 Å². The Hall–Kier alpha value is -3.81. The zero-order valence-corrected chi connectivity index (χ0v) is 20.7. The van der Waals surface area contributed by atoms with Crippen molar-refractivity contribution < 1.29 is 19.0 Å². The SMILES string of the molecule is C=CC(=O)Nc1ccccc1-c1ncc2cc(-c3c(Cl)c(OC)cc(OC)c3Cl)cc(OC)c2n1. The first-order chi connectivity index (χ1) is 16.9. The van der Waals surface area contributed by atoms with Crippen LogP contribution in [0.25, 0.3) is 33.4 Å². The molecule has 3 aromatic carbocycles. The van der Waals surface area contributed by atoms with Gasteiger partial charge in [0, 0.05) is 28.8 Å². The Labute approximate surface area is 212 Å². The van der Waals surface area contributed by atoms with Gasteiger partial charge in [-0.3, -0.25) is 4.79 Å². The highest BCUT2D eigenvalue weighted by molar-refractivity contribution is 6.41. The van der Waals surface area contributed by atoms with Crippen molar-refractivity contribution in [2.45, 2.75) is 0 Å². The molecule has 0 aliphatic rings. The van der Waals surface area contributed by atoms with Crippen molar-refractivity contribution in [1.29, 1.82) is 0 Å². The van der Waals surface area contributed by atoms with E-state index in [4.69, 9.17) is 42.4 Å². The number of hydrogen-bond donors (Lipinski definition) is 1. The topological polar surface area (TPSA) is 82.6 Å². The Morgan fingerprint density at radius 3 is 2.26 bits per heavy atom. The highest BCUT2D eigenvalue weighted by atomic mass is 35.5. The molecular formula is C26H21Cl2N3O4. The van der Waals surface area contributed by atoms with Crippen LogP contribution in [0.15, 0.2) is 61.3 Å². The van der Waals surface area contributed by atoms with E-state index in [0.29, 0.717) is 66.4 Å². The van der Waals surface area contributed by atoms with Gasteiger partial charge in [-0.05, 0) is 35.9 Å².